The second-order valence-corrected chi connectivity index (χ2v) is 27.1. The van der Waals surface area contributed by atoms with E-state index in [1.807, 2.05) is 0 Å². The van der Waals surface area contributed by atoms with Gasteiger partial charge in [0, 0.05) is 116 Å². The molecule has 7 aromatic carbocycles. The summed E-state index contributed by atoms with van der Waals surface area (Å²) < 4.78 is 14.7. The van der Waals surface area contributed by atoms with Crippen molar-refractivity contribution >= 4 is 23.5 Å². The summed E-state index contributed by atoms with van der Waals surface area (Å²) in [5.41, 5.74) is 28.7. The van der Waals surface area contributed by atoms with E-state index in [1.165, 1.54) is 101 Å². The molecule has 8 heteroatoms. The summed E-state index contributed by atoms with van der Waals surface area (Å²) in [6, 6.07) is 98.8. The van der Waals surface area contributed by atoms with E-state index in [0.29, 0.717) is 6.67 Å². The lowest BCUT2D eigenvalue weighted by Crippen LogP contribution is -2.75. The number of rotatable bonds is 13. The number of allylic oxidation sites excluding steroid dienone is 4. The summed E-state index contributed by atoms with van der Waals surface area (Å²) in [4.78, 5) is 5.07. The van der Waals surface area contributed by atoms with Gasteiger partial charge in [0.2, 0.25) is 28.8 Å². The van der Waals surface area contributed by atoms with Crippen LogP contribution in [0.4, 0.5) is 0 Å². The van der Waals surface area contributed by atoms with Gasteiger partial charge >= 0.3 is 12.3 Å². The highest BCUT2D eigenvalue weighted by molar-refractivity contribution is 5.84. The molecule has 0 bridgehead atoms. The standard InChI is InChI=1S/C92H76N8/c1-93-53-17-11-31-83(93)77-26-6-3-23-72(77)49-50-73-24-4-7-27-78(73)84-32-14-20-56-96(84)65-97-59-51-74(61-89(97)87-35-12-18-54-94(87)2)70-45-41-68(42-46-70)66-37-39-67(40-38-66)69-43-47-71(48-44-69)75-52-60-100-90(62-75)88-36-16-22-58-99(88)92(100,82-64-95-55-19-13-33-85(95)81-30-10-9-29-80(81)82)91-63-76-25-5-8-28-79(76)86-34-15-21-57-98(86)91/h3-52,54-57,59-62,82,91H,53,58,63-65H2,1-2H3/q+6. The van der Waals surface area contributed by atoms with Crippen LogP contribution in [0.1, 0.15) is 45.5 Å². The van der Waals surface area contributed by atoms with Gasteiger partial charge in [-0.2, -0.15) is 18.3 Å². The molecule has 5 aliphatic heterocycles. The Kier molecular flexibility index (Phi) is 15.2. The molecule has 0 amide bonds. The zero-order valence-electron chi connectivity index (χ0n) is 56.3. The van der Waals surface area contributed by atoms with E-state index in [9.17, 15) is 0 Å². The largest absolute Gasteiger partial charge is 0.370 e. The fourth-order valence-electron chi connectivity index (χ4n) is 16.7. The van der Waals surface area contributed by atoms with E-state index < -0.39 is 5.66 Å². The zero-order valence-corrected chi connectivity index (χ0v) is 56.3. The third-order valence-corrected chi connectivity index (χ3v) is 21.6. The zero-order chi connectivity index (χ0) is 66.7. The van der Waals surface area contributed by atoms with Crippen molar-refractivity contribution in [2.75, 3.05) is 20.1 Å². The van der Waals surface area contributed by atoms with E-state index >= 15 is 0 Å². The van der Waals surface area contributed by atoms with Crippen molar-refractivity contribution in [1.29, 1.82) is 0 Å². The van der Waals surface area contributed by atoms with Crippen LogP contribution in [-0.2, 0) is 32.3 Å². The molecule has 6 aromatic heterocycles. The molecule has 8 nitrogen and oxygen atoms in total. The second kappa shape index (κ2) is 25.3. The molecular formula is C92H76N8+6. The lowest BCUT2D eigenvalue weighted by molar-refractivity contribution is -0.904. The molecule has 3 atom stereocenters. The Balaban J connectivity index is 0.620. The van der Waals surface area contributed by atoms with Gasteiger partial charge in [0.1, 0.15) is 18.7 Å². The van der Waals surface area contributed by atoms with Crippen molar-refractivity contribution in [3.8, 4) is 89.7 Å². The van der Waals surface area contributed by atoms with E-state index in [0.717, 1.165) is 59.8 Å². The predicted octanol–water partition coefficient (Wildman–Crippen LogP) is 16.3. The number of likely N-dealkylation sites (N-methyl/N-ethyl adjacent to an activating group) is 1. The minimum absolute atomic E-state index is 0.0473. The summed E-state index contributed by atoms with van der Waals surface area (Å²) in [6.45, 7) is 3.15. The van der Waals surface area contributed by atoms with E-state index in [4.69, 9.17) is 0 Å². The molecule has 5 aliphatic rings. The summed E-state index contributed by atoms with van der Waals surface area (Å²) in [6.07, 6.45) is 32.6. The van der Waals surface area contributed by atoms with E-state index in [1.54, 1.807) is 0 Å². The highest BCUT2D eigenvalue weighted by Gasteiger charge is 2.71. The Morgan fingerprint density at radius 2 is 0.930 bits per heavy atom. The van der Waals surface area contributed by atoms with Crippen LogP contribution in [-0.4, -0.2) is 29.9 Å². The molecule has 18 rings (SSSR count). The predicted molar refractivity (Wildman–Crippen MR) is 399 cm³/mol. The maximum absolute atomic E-state index is 2.76. The molecule has 0 aliphatic carbocycles. The molecule has 0 fully saturated rings. The molecular weight excluding hydrogens is 1220 g/mol. The van der Waals surface area contributed by atoms with Gasteiger partial charge in [-0.3, -0.25) is 4.90 Å². The Morgan fingerprint density at radius 3 is 1.63 bits per heavy atom. The topological polar surface area (TPSA) is 29.8 Å². The Labute approximate surface area is 585 Å². The first-order chi connectivity index (χ1) is 49.4. The van der Waals surface area contributed by atoms with Crippen LogP contribution in [0.2, 0.25) is 0 Å². The normalized spacial score (nSPS) is 17.0. The van der Waals surface area contributed by atoms with Crippen molar-refractivity contribution in [3.05, 3.63) is 374 Å². The first-order valence-corrected chi connectivity index (χ1v) is 35.0. The monoisotopic (exact) mass is 1290 g/mol. The SMILES string of the molecule is CN1CC=CC=C1c1ccccc1C=Cc1ccccc1-c1cccc[n+]1C[n+]1ccc(-c2ccc(-c3ccc(-c4ccc(-c5cc[n+]6c(c5)C5=CC=CCN5C6(C5C[n+]6ccccc6-c6ccccc65)C5Cc6ccccc6-c6cccc[n+]65)cc4)cc3)cc2)cc1-c1cccc[n+]1C. The van der Waals surface area contributed by atoms with E-state index in [-0.39, 0.29) is 12.0 Å². The van der Waals surface area contributed by atoms with E-state index in [2.05, 4.69) is 404 Å². The fourth-order valence-corrected chi connectivity index (χ4v) is 16.7. The van der Waals surface area contributed by atoms with Crippen LogP contribution in [0.3, 0.4) is 0 Å². The fraction of sp³-hybridized carbons (Fsp3) is 0.109. The highest BCUT2D eigenvalue weighted by atomic mass is 15.4. The maximum Gasteiger partial charge on any atom is 0.344 e. The number of aromatic nitrogens is 6. The number of benzene rings is 7. The number of hydrogen-bond donors (Lipinski definition) is 0. The third-order valence-electron chi connectivity index (χ3n) is 21.6. The van der Waals surface area contributed by atoms with Gasteiger partial charge in [-0.25, -0.2) is 0 Å². The van der Waals surface area contributed by atoms with Gasteiger partial charge in [0.25, 0.3) is 11.4 Å². The van der Waals surface area contributed by atoms with Crippen LogP contribution in [0.15, 0.2) is 341 Å². The third kappa shape index (κ3) is 10.4. The summed E-state index contributed by atoms with van der Waals surface area (Å²) in [5, 5.41) is 0. The molecule has 100 heavy (non-hydrogen) atoms. The smallest absolute Gasteiger partial charge is 0.344 e. The Morgan fingerprint density at radius 1 is 0.410 bits per heavy atom. The van der Waals surface area contributed by atoms with Crippen molar-refractivity contribution < 1.29 is 27.4 Å². The molecule has 0 N–H and O–H groups in total. The molecule has 0 spiro atoms. The Hall–Kier alpha value is -12.3. The van der Waals surface area contributed by atoms with Gasteiger partial charge in [-0.1, -0.05) is 188 Å². The molecule has 13 aromatic rings. The van der Waals surface area contributed by atoms with Gasteiger partial charge in [-0.15, -0.1) is 9.13 Å². The van der Waals surface area contributed by atoms with Crippen LogP contribution >= 0.6 is 0 Å². The van der Waals surface area contributed by atoms with Gasteiger partial charge in [-0.05, 0) is 121 Å². The molecule has 478 valence electrons. The average molecular weight is 1290 g/mol. The Bertz CT molecular complexity index is 5430. The van der Waals surface area contributed by atoms with Crippen molar-refractivity contribution in [2.24, 2.45) is 7.05 Å². The summed E-state index contributed by atoms with van der Waals surface area (Å²) in [7, 11) is 4.29. The summed E-state index contributed by atoms with van der Waals surface area (Å²) in [5.74, 6) is 0.0861. The van der Waals surface area contributed by atoms with Crippen molar-refractivity contribution in [1.82, 2.24) is 9.80 Å². The van der Waals surface area contributed by atoms with Gasteiger partial charge in [0.05, 0.1) is 11.1 Å². The van der Waals surface area contributed by atoms with Crippen molar-refractivity contribution in [2.45, 2.75) is 37.3 Å². The average Bonchev–Trinajstić information content (AvgIpc) is 1.47. The number of aryl methyl sites for hydroxylation is 1. The number of fused-ring (bicyclic) bond motifs is 9. The molecule has 11 heterocycles. The first kappa shape index (κ1) is 60.2. The van der Waals surface area contributed by atoms with Gasteiger partial charge < -0.3 is 4.90 Å². The maximum atomic E-state index is 2.76. The lowest BCUT2D eigenvalue weighted by Gasteiger charge is -2.44. The number of nitrogens with zero attached hydrogens (tertiary/aromatic N) is 8. The molecule has 0 saturated heterocycles. The first-order valence-electron chi connectivity index (χ1n) is 35.0. The molecule has 0 radical (unpaired) electrons. The minimum atomic E-state index is -0.536. The van der Waals surface area contributed by atoms with Crippen LogP contribution in [0.25, 0.3) is 113 Å². The lowest BCUT2D eigenvalue weighted by atomic mass is 9.72. The number of hydrogen-bond acceptors (Lipinski definition) is 2. The number of pyridine rings is 6. The van der Waals surface area contributed by atoms with Gasteiger partial charge in [0.15, 0.2) is 43.7 Å². The van der Waals surface area contributed by atoms with Crippen molar-refractivity contribution in [3.63, 3.8) is 0 Å². The minimum Gasteiger partial charge on any atom is -0.370 e. The van der Waals surface area contributed by atoms with Crippen LogP contribution in [0.5, 0.6) is 0 Å². The van der Waals surface area contributed by atoms with Crippen LogP contribution < -0.4 is 27.4 Å². The quantitative estimate of drug-likeness (QED) is 0.0851. The summed E-state index contributed by atoms with van der Waals surface area (Å²) >= 11 is 0. The van der Waals surface area contributed by atoms with Crippen LogP contribution in [0, 0.1) is 0 Å². The highest BCUT2D eigenvalue weighted by Crippen LogP contribution is 2.54. The second-order valence-electron chi connectivity index (χ2n) is 27.1. The molecule has 0 saturated carbocycles. The molecule has 3 unspecified atom stereocenters.